The van der Waals surface area contributed by atoms with Crippen molar-refractivity contribution in [3.8, 4) is 5.75 Å². The van der Waals surface area contributed by atoms with E-state index in [9.17, 15) is 48.3 Å². The molecule has 6 aliphatic rings. The second kappa shape index (κ2) is 33.1. The lowest BCUT2D eigenvalue weighted by Gasteiger charge is -2.21. The molecule has 13 atom stereocenters. The molecule has 2 aliphatic heterocycles. The number of aliphatic hydroxyl groups is 1. The lowest BCUT2D eigenvalue weighted by molar-refractivity contribution is -0.138. The molecule has 25 nitrogen and oxygen atoms in total. The standard InChI is InChI=1S/C73H85N9O16/c83-26-23-58(71(92)74-25-28-96-30-32-97-31-29-95-27-24-66(86)87)76-64(84)38-75-65(85)43-98-63-33-48(72(93)81-39-54(67(88)77-59-34-50(59)44-13-5-1-6-14-44)55(40-81)68(89)78-60-35-51(60)45-15-7-2-8-16-45)21-22-49(63)73(94)82-41-56(69(90)79-61-36-52(61)46-17-9-3-10-18-46)57(42-82)70(91)80-62-37-53(62)47-19-11-4-12-20-47/h1-22,33,50-62,83H,23-32,34-43H2,(H,74,92)(H,75,85)(H,76,84)(H,77,88)(H,78,89)(H,79,90)(H,80,91)(H,86,87)/t50-,51-,52-,53-,54-,55-,56-,57-,58+,59+,60+,61+,62+/m1/s1. The third kappa shape index (κ3) is 18.8. The first-order valence-electron chi connectivity index (χ1n) is 33.8. The van der Waals surface area contributed by atoms with Crippen LogP contribution in [-0.2, 0) is 52.6 Å². The van der Waals surface area contributed by atoms with Crippen molar-refractivity contribution in [1.29, 1.82) is 0 Å². The summed E-state index contributed by atoms with van der Waals surface area (Å²) in [5, 5.41) is 38.6. The molecule has 5 aromatic carbocycles. The summed E-state index contributed by atoms with van der Waals surface area (Å²) >= 11 is 0. The van der Waals surface area contributed by atoms with Gasteiger partial charge in [-0.25, -0.2) is 0 Å². The van der Waals surface area contributed by atoms with Crippen LogP contribution in [0.5, 0.6) is 5.75 Å². The molecule has 2 saturated heterocycles. The zero-order valence-corrected chi connectivity index (χ0v) is 54.4. The third-order valence-corrected chi connectivity index (χ3v) is 19.0. The Labute approximate surface area is 567 Å². The molecular formula is C73H85N9O16. The average molecular weight is 1340 g/mol. The molecule has 2 heterocycles. The van der Waals surface area contributed by atoms with Crippen molar-refractivity contribution in [3.05, 3.63) is 173 Å². The Kier molecular flexibility index (Phi) is 23.6. The number of benzene rings is 5. The second-order valence-corrected chi connectivity index (χ2v) is 26.0. The highest BCUT2D eigenvalue weighted by atomic mass is 16.5. The Morgan fingerprint density at radius 3 is 1.28 bits per heavy atom. The number of hydrogen-bond acceptors (Lipinski definition) is 15. The maximum atomic E-state index is 15.2. The van der Waals surface area contributed by atoms with Crippen molar-refractivity contribution in [2.24, 2.45) is 23.7 Å². The number of carboxylic acids is 1. The number of nitrogens with zero attached hydrogens (tertiary/aromatic N) is 2. The Hall–Kier alpha value is -9.56. The molecule has 0 aromatic heterocycles. The average Bonchev–Trinajstić information content (AvgIpc) is 1.63. The van der Waals surface area contributed by atoms with E-state index in [1.165, 1.54) is 28.0 Å². The highest BCUT2D eigenvalue weighted by Crippen LogP contribution is 2.45. The lowest BCUT2D eigenvalue weighted by atomic mass is 9.94. The quantitative estimate of drug-likeness (QED) is 0.0263. The van der Waals surface area contributed by atoms with Crippen LogP contribution in [0.3, 0.4) is 0 Å². The zero-order chi connectivity index (χ0) is 68.7. The summed E-state index contributed by atoms with van der Waals surface area (Å²) in [7, 11) is 0. The number of carbonyl (C=O) groups excluding carboxylic acids is 9. The van der Waals surface area contributed by atoms with Gasteiger partial charge in [0.25, 0.3) is 17.7 Å². The van der Waals surface area contributed by atoms with Crippen LogP contribution in [0.2, 0.25) is 0 Å². The van der Waals surface area contributed by atoms with Crippen LogP contribution in [0, 0.1) is 23.7 Å². The van der Waals surface area contributed by atoms with E-state index in [-0.39, 0.29) is 174 Å². The van der Waals surface area contributed by atoms with Gasteiger partial charge in [0.05, 0.1) is 81.8 Å². The van der Waals surface area contributed by atoms with E-state index < -0.39 is 85.0 Å². The van der Waals surface area contributed by atoms with Crippen LogP contribution in [0.4, 0.5) is 0 Å². The first-order valence-corrected chi connectivity index (χ1v) is 33.8. The van der Waals surface area contributed by atoms with Gasteiger partial charge < -0.3 is 76.2 Å². The van der Waals surface area contributed by atoms with Crippen molar-refractivity contribution in [3.63, 3.8) is 0 Å². The predicted octanol–water partition coefficient (Wildman–Crippen LogP) is 2.76. The molecule has 9 amide bonds. The number of likely N-dealkylation sites (tertiary alicyclic amines) is 2. The molecule has 6 fully saturated rings. The summed E-state index contributed by atoms with van der Waals surface area (Å²) in [6.45, 7) is -1.40. The third-order valence-electron chi connectivity index (χ3n) is 19.0. The summed E-state index contributed by atoms with van der Waals surface area (Å²) < 4.78 is 22.2. The summed E-state index contributed by atoms with van der Waals surface area (Å²) in [5.41, 5.74) is 4.17. The minimum absolute atomic E-state index is 0.0115. The first kappa shape index (κ1) is 69.8. The fraction of sp³-hybridized carbons (Fsp3) is 0.452. The van der Waals surface area contributed by atoms with Crippen LogP contribution in [0.25, 0.3) is 0 Å². The predicted molar refractivity (Wildman–Crippen MR) is 355 cm³/mol. The Morgan fingerprint density at radius 2 is 0.867 bits per heavy atom. The summed E-state index contributed by atoms with van der Waals surface area (Å²) in [4.78, 5) is 141. The summed E-state index contributed by atoms with van der Waals surface area (Å²) in [6.07, 6.45) is 2.56. The van der Waals surface area contributed by atoms with Crippen LogP contribution in [0.1, 0.15) is 105 Å². The number of rotatable bonds is 35. The Balaban J connectivity index is 0.774. The Morgan fingerprint density at radius 1 is 0.469 bits per heavy atom. The topological polar surface area (TPSA) is 339 Å². The number of aliphatic hydroxyl groups excluding tert-OH is 1. The van der Waals surface area contributed by atoms with E-state index in [0.717, 1.165) is 22.3 Å². The molecule has 0 bridgehead atoms. The van der Waals surface area contributed by atoms with Gasteiger partial charge in [0.1, 0.15) is 11.8 Å². The van der Waals surface area contributed by atoms with Gasteiger partial charge in [-0.15, -0.1) is 0 Å². The van der Waals surface area contributed by atoms with Crippen molar-refractivity contribution >= 4 is 59.1 Å². The normalized spacial score (nSPS) is 24.2. The summed E-state index contributed by atoms with van der Waals surface area (Å²) in [5.74, 6) is -9.64. The molecule has 518 valence electrons. The van der Waals surface area contributed by atoms with Crippen molar-refractivity contribution in [1.82, 2.24) is 47.0 Å². The van der Waals surface area contributed by atoms with E-state index in [4.69, 9.17) is 24.1 Å². The number of ether oxygens (including phenoxy) is 4. The maximum absolute atomic E-state index is 15.2. The molecule has 0 spiro atoms. The molecule has 11 rings (SSSR count). The van der Waals surface area contributed by atoms with E-state index in [0.29, 0.717) is 25.7 Å². The smallest absolute Gasteiger partial charge is 0.305 e. The number of amides is 9. The van der Waals surface area contributed by atoms with Gasteiger partial charge in [0, 0.05) is 92.7 Å². The van der Waals surface area contributed by atoms with E-state index in [1.807, 2.05) is 121 Å². The van der Waals surface area contributed by atoms with Gasteiger partial charge >= 0.3 is 5.97 Å². The molecule has 9 N–H and O–H groups in total. The zero-order valence-electron chi connectivity index (χ0n) is 54.4. The van der Waals surface area contributed by atoms with Gasteiger partial charge in [-0.05, 0) is 72.6 Å². The van der Waals surface area contributed by atoms with Crippen molar-refractivity contribution in [2.45, 2.75) is 92.4 Å². The number of aliphatic carboxylic acids is 1. The van der Waals surface area contributed by atoms with Crippen LogP contribution >= 0.6 is 0 Å². The monoisotopic (exact) mass is 1340 g/mol. The summed E-state index contributed by atoms with van der Waals surface area (Å²) in [6, 6.07) is 41.4. The number of carboxylic acid groups (broad SMARTS) is 1. The van der Waals surface area contributed by atoms with Gasteiger partial charge in [-0.3, -0.25) is 47.9 Å². The molecule has 4 aliphatic carbocycles. The van der Waals surface area contributed by atoms with Crippen LogP contribution in [0.15, 0.2) is 140 Å². The fourth-order valence-electron chi connectivity index (χ4n) is 13.2. The van der Waals surface area contributed by atoms with Crippen LogP contribution < -0.4 is 42.0 Å². The van der Waals surface area contributed by atoms with E-state index in [1.54, 1.807) is 0 Å². The molecule has 0 unspecified atom stereocenters. The van der Waals surface area contributed by atoms with Crippen molar-refractivity contribution < 1.29 is 77.1 Å². The van der Waals surface area contributed by atoms with Crippen LogP contribution in [-0.4, -0.2) is 201 Å². The fourth-order valence-corrected chi connectivity index (χ4v) is 13.2. The molecule has 25 heteroatoms. The minimum atomic E-state index is -1.19. The number of nitrogens with one attached hydrogen (secondary N) is 7. The molecule has 98 heavy (non-hydrogen) atoms. The minimum Gasteiger partial charge on any atom is -0.483 e. The maximum Gasteiger partial charge on any atom is 0.305 e. The molecule has 5 aromatic rings. The lowest BCUT2D eigenvalue weighted by Crippen LogP contribution is -2.50. The second-order valence-electron chi connectivity index (χ2n) is 26.0. The molecular weight excluding hydrogens is 1260 g/mol. The van der Waals surface area contributed by atoms with Crippen molar-refractivity contribution in [2.75, 3.05) is 92.1 Å². The highest BCUT2D eigenvalue weighted by molar-refractivity contribution is 6.02. The Bertz CT molecular complexity index is 3500. The number of hydrogen-bond donors (Lipinski definition) is 9. The molecule has 4 saturated carbocycles. The molecule has 0 radical (unpaired) electrons. The van der Waals surface area contributed by atoms with Gasteiger partial charge in [-0.2, -0.15) is 0 Å². The van der Waals surface area contributed by atoms with E-state index in [2.05, 4.69) is 37.2 Å². The van der Waals surface area contributed by atoms with Gasteiger partial charge in [-0.1, -0.05) is 121 Å². The van der Waals surface area contributed by atoms with Gasteiger partial charge in [0.2, 0.25) is 35.4 Å². The largest absolute Gasteiger partial charge is 0.483 e. The number of carbonyl (C=O) groups is 10. The SMILES string of the molecule is O=C(O)CCOCCOCCOCCNC(=O)[C@H](CCO)NC(=O)CNC(=O)COc1cc(C(=O)N2C[C@@H](C(=O)N[C@H]3C[C@@H]3c3ccccc3)[C@H](C(=O)N[C@H]3C[C@@H]3c3ccccc3)C2)ccc1C(=O)N1C[C@@H](C(=O)N[C@H]2C[C@@H]2c2ccccc2)[C@H](C(=O)N[C@H]2C[C@@H]2c2ccccc2)C1. The first-order chi connectivity index (χ1) is 47.6. The van der Waals surface area contributed by atoms with E-state index >= 15 is 4.79 Å². The highest BCUT2D eigenvalue weighted by Gasteiger charge is 2.51. The van der Waals surface area contributed by atoms with Gasteiger partial charge in [0.15, 0.2) is 6.61 Å².